The van der Waals surface area contributed by atoms with Crippen LogP contribution in [-0.4, -0.2) is 17.2 Å². The highest BCUT2D eigenvalue weighted by molar-refractivity contribution is 6.03. The molecule has 0 saturated heterocycles. The fourth-order valence-electron chi connectivity index (χ4n) is 2.98. The van der Waals surface area contributed by atoms with Crippen molar-refractivity contribution in [3.63, 3.8) is 0 Å². The van der Waals surface area contributed by atoms with E-state index in [0.717, 1.165) is 23.1 Å². The summed E-state index contributed by atoms with van der Waals surface area (Å²) in [6, 6.07) is 3.79. The summed E-state index contributed by atoms with van der Waals surface area (Å²) >= 11 is 0. The smallest absolute Gasteiger partial charge is 0.334 e. The van der Waals surface area contributed by atoms with Gasteiger partial charge in [-0.1, -0.05) is 13.0 Å². The Hall–Kier alpha value is -1.77. The predicted molar refractivity (Wildman–Crippen MR) is 68.3 cm³/mol. The number of carbonyl (C=O) groups excluding carboxylic acids is 1. The Bertz CT molecular complexity index is 584. The molecule has 0 saturated carbocycles. The lowest BCUT2D eigenvalue weighted by molar-refractivity contribution is -0.139. The molecule has 1 heterocycles. The van der Waals surface area contributed by atoms with E-state index in [9.17, 15) is 9.90 Å². The van der Waals surface area contributed by atoms with Gasteiger partial charge in [0.1, 0.15) is 11.9 Å². The summed E-state index contributed by atoms with van der Waals surface area (Å²) in [5.41, 5.74) is 4.70. The first-order valence-corrected chi connectivity index (χ1v) is 6.24. The molecule has 0 fully saturated rings. The molecule has 1 aromatic carbocycles. The van der Waals surface area contributed by atoms with Gasteiger partial charge in [0.25, 0.3) is 0 Å². The van der Waals surface area contributed by atoms with E-state index in [2.05, 4.69) is 6.92 Å². The van der Waals surface area contributed by atoms with Gasteiger partial charge in [-0.05, 0) is 48.9 Å². The molecule has 1 aliphatic heterocycles. The molecule has 18 heavy (non-hydrogen) atoms. The van der Waals surface area contributed by atoms with Gasteiger partial charge in [0.15, 0.2) is 0 Å². The Morgan fingerprint density at radius 3 is 2.78 bits per heavy atom. The number of ether oxygens (including phenoxy) is 1. The van der Waals surface area contributed by atoms with E-state index < -0.39 is 0 Å². The van der Waals surface area contributed by atoms with E-state index in [4.69, 9.17) is 4.74 Å². The SMILES string of the molecule is CC1=C2c3cc(O)c(C)cc3[C@H](C)C[C@H]2OC1=O. The first kappa shape index (κ1) is 11.3. The van der Waals surface area contributed by atoms with Crippen LogP contribution in [-0.2, 0) is 9.53 Å². The molecule has 0 bridgehead atoms. The average molecular weight is 244 g/mol. The topological polar surface area (TPSA) is 46.5 Å². The molecule has 2 atom stereocenters. The Kier molecular flexibility index (Phi) is 2.27. The summed E-state index contributed by atoms with van der Waals surface area (Å²) in [4.78, 5) is 11.7. The van der Waals surface area contributed by atoms with Crippen LogP contribution in [0.25, 0.3) is 5.57 Å². The van der Waals surface area contributed by atoms with Gasteiger partial charge in [-0.25, -0.2) is 4.79 Å². The van der Waals surface area contributed by atoms with Crippen LogP contribution < -0.4 is 0 Å². The molecule has 0 aromatic heterocycles. The molecule has 1 N–H and O–H groups in total. The fourth-order valence-corrected chi connectivity index (χ4v) is 2.98. The zero-order valence-electron chi connectivity index (χ0n) is 10.8. The van der Waals surface area contributed by atoms with Crippen molar-refractivity contribution in [2.24, 2.45) is 0 Å². The van der Waals surface area contributed by atoms with Crippen LogP contribution in [0.15, 0.2) is 17.7 Å². The minimum Gasteiger partial charge on any atom is -0.508 e. The lowest BCUT2D eigenvalue weighted by Crippen LogP contribution is -2.20. The second-order valence-corrected chi connectivity index (χ2v) is 5.30. The molecule has 0 unspecified atom stereocenters. The van der Waals surface area contributed by atoms with Crippen molar-refractivity contribution in [3.05, 3.63) is 34.4 Å². The third-order valence-electron chi connectivity index (χ3n) is 4.04. The summed E-state index contributed by atoms with van der Waals surface area (Å²) in [6.07, 6.45) is 0.692. The number of rotatable bonds is 0. The lowest BCUT2D eigenvalue weighted by Gasteiger charge is -2.29. The molecule has 1 aliphatic carbocycles. The Labute approximate surface area is 106 Å². The van der Waals surface area contributed by atoms with E-state index in [-0.39, 0.29) is 17.8 Å². The van der Waals surface area contributed by atoms with Crippen LogP contribution in [0.4, 0.5) is 0 Å². The molecule has 3 heteroatoms. The highest BCUT2D eigenvalue weighted by Crippen LogP contribution is 2.46. The lowest BCUT2D eigenvalue weighted by atomic mass is 9.77. The summed E-state index contributed by atoms with van der Waals surface area (Å²) in [5.74, 6) is 0.392. The molecule has 94 valence electrons. The highest BCUT2D eigenvalue weighted by atomic mass is 16.5. The number of phenols is 1. The molecule has 3 rings (SSSR count). The van der Waals surface area contributed by atoms with E-state index in [0.29, 0.717) is 11.5 Å². The normalized spacial score (nSPS) is 25.8. The monoisotopic (exact) mass is 244 g/mol. The molecule has 0 radical (unpaired) electrons. The maximum Gasteiger partial charge on any atom is 0.334 e. The van der Waals surface area contributed by atoms with Crippen molar-refractivity contribution < 1.29 is 14.6 Å². The first-order chi connectivity index (χ1) is 8.49. The molecule has 3 nitrogen and oxygen atoms in total. The van der Waals surface area contributed by atoms with Crippen molar-refractivity contribution in [3.8, 4) is 5.75 Å². The number of carbonyl (C=O) groups is 1. The zero-order valence-corrected chi connectivity index (χ0v) is 10.8. The van der Waals surface area contributed by atoms with Gasteiger partial charge in [0.05, 0.1) is 0 Å². The van der Waals surface area contributed by atoms with E-state index in [1.165, 1.54) is 5.56 Å². The molecule has 0 amide bonds. The molecular formula is C15H16O3. The summed E-state index contributed by atoms with van der Waals surface area (Å²) in [7, 11) is 0. The minimum absolute atomic E-state index is 0.137. The van der Waals surface area contributed by atoms with Crippen molar-refractivity contribution in [2.75, 3.05) is 0 Å². The van der Waals surface area contributed by atoms with Gasteiger partial charge in [0, 0.05) is 11.1 Å². The third kappa shape index (κ3) is 1.40. The zero-order chi connectivity index (χ0) is 13.0. The standard InChI is InChI=1S/C15H16O3/c1-7-5-13-14(9(3)15(17)18-13)11-6-12(16)8(2)4-10(7)11/h4,6-7,13,16H,5H2,1-3H3/t7-,13-/m1/s1. The molecule has 1 aromatic rings. The number of hydrogen-bond donors (Lipinski definition) is 1. The van der Waals surface area contributed by atoms with Crippen molar-refractivity contribution in [2.45, 2.75) is 39.2 Å². The van der Waals surface area contributed by atoms with Gasteiger partial charge < -0.3 is 9.84 Å². The summed E-state index contributed by atoms with van der Waals surface area (Å²) in [5, 5.41) is 9.89. The van der Waals surface area contributed by atoms with E-state index >= 15 is 0 Å². The van der Waals surface area contributed by atoms with Crippen LogP contribution >= 0.6 is 0 Å². The van der Waals surface area contributed by atoms with Crippen molar-refractivity contribution >= 4 is 11.5 Å². The van der Waals surface area contributed by atoms with Gasteiger partial charge in [-0.3, -0.25) is 0 Å². The molecular weight excluding hydrogens is 228 g/mol. The maximum absolute atomic E-state index is 11.7. The Morgan fingerprint density at radius 2 is 2.06 bits per heavy atom. The van der Waals surface area contributed by atoms with Crippen LogP contribution in [0.5, 0.6) is 5.75 Å². The minimum atomic E-state index is -0.227. The van der Waals surface area contributed by atoms with Gasteiger partial charge >= 0.3 is 5.97 Å². The second-order valence-electron chi connectivity index (χ2n) is 5.30. The fraction of sp³-hybridized carbons (Fsp3) is 0.400. The third-order valence-corrected chi connectivity index (χ3v) is 4.04. The van der Waals surface area contributed by atoms with Crippen molar-refractivity contribution in [1.82, 2.24) is 0 Å². The maximum atomic E-state index is 11.7. The quantitative estimate of drug-likeness (QED) is 0.714. The number of aromatic hydroxyl groups is 1. The Morgan fingerprint density at radius 1 is 1.33 bits per heavy atom. The number of benzene rings is 1. The van der Waals surface area contributed by atoms with E-state index in [1.807, 2.05) is 13.0 Å². The van der Waals surface area contributed by atoms with Crippen LogP contribution in [0.1, 0.15) is 42.9 Å². The average Bonchev–Trinajstić information content (AvgIpc) is 2.58. The summed E-state index contributed by atoms with van der Waals surface area (Å²) in [6.45, 7) is 5.83. The van der Waals surface area contributed by atoms with Crippen LogP contribution in [0, 0.1) is 6.92 Å². The highest BCUT2D eigenvalue weighted by Gasteiger charge is 2.38. The first-order valence-electron chi connectivity index (χ1n) is 6.24. The van der Waals surface area contributed by atoms with Crippen LogP contribution in [0.2, 0.25) is 0 Å². The molecule has 2 aliphatic rings. The number of fused-ring (bicyclic) bond motifs is 3. The number of phenolic OH excluding ortho intramolecular Hbond substituents is 1. The predicted octanol–water partition coefficient (Wildman–Crippen LogP) is 2.91. The Balaban J connectivity index is 2.27. The van der Waals surface area contributed by atoms with Gasteiger partial charge in [-0.2, -0.15) is 0 Å². The number of hydrogen-bond acceptors (Lipinski definition) is 3. The summed E-state index contributed by atoms with van der Waals surface area (Å²) < 4.78 is 5.38. The van der Waals surface area contributed by atoms with E-state index in [1.54, 1.807) is 13.0 Å². The van der Waals surface area contributed by atoms with Gasteiger partial charge in [-0.15, -0.1) is 0 Å². The van der Waals surface area contributed by atoms with Gasteiger partial charge in [0.2, 0.25) is 0 Å². The number of aryl methyl sites for hydroxylation is 1. The number of esters is 1. The van der Waals surface area contributed by atoms with Crippen molar-refractivity contribution in [1.29, 1.82) is 0 Å². The second kappa shape index (κ2) is 3.61. The molecule has 0 spiro atoms. The van der Waals surface area contributed by atoms with Crippen LogP contribution in [0.3, 0.4) is 0 Å². The largest absolute Gasteiger partial charge is 0.508 e.